The van der Waals surface area contributed by atoms with Gasteiger partial charge >= 0.3 is 0 Å². The first-order valence-corrected chi connectivity index (χ1v) is 10.3. The number of azo groups is 1. The zero-order valence-electron chi connectivity index (χ0n) is 15.4. The van der Waals surface area contributed by atoms with Gasteiger partial charge in [-0.15, -0.1) is 10.2 Å². The van der Waals surface area contributed by atoms with Crippen molar-refractivity contribution < 1.29 is 0 Å². The maximum atomic E-state index is 6.03. The van der Waals surface area contributed by atoms with Gasteiger partial charge in [0.2, 0.25) is 5.13 Å². The molecule has 4 aromatic rings. The Bertz CT molecular complexity index is 1090. The quantitative estimate of drug-likeness (QED) is 0.313. The van der Waals surface area contributed by atoms with E-state index in [1.807, 2.05) is 36.4 Å². The SMILES string of the molecule is CCN(Cc1ccccc1)c1ccc(N=Nc2nc3ccc(Cl)cc3s2)cc1. The Morgan fingerprint density at radius 3 is 2.50 bits per heavy atom. The minimum absolute atomic E-state index is 0.626. The van der Waals surface area contributed by atoms with Gasteiger partial charge in [0.25, 0.3) is 0 Å². The van der Waals surface area contributed by atoms with Crippen molar-refractivity contribution in [2.24, 2.45) is 10.2 Å². The molecule has 0 saturated carbocycles. The molecule has 6 heteroatoms. The first-order valence-electron chi connectivity index (χ1n) is 9.08. The topological polar surface area (TPSA) is 40.9 Å². The van der Waals surface area contributed by atoms with E-state index in [4.69, 9.17) is 11.6 Å². The van der Waals surface area contributed by atoms with Crippen molar-refractivity contribution in [3.63, 3.8) is 0 Å². The lowest BCUT2D eigenvalue weighted by Crippen LogP contribution is -2.21. The van der Waals surface area contributed by atoms with Gasteiger partial charge < -0.3 is 4.90 Å². The highest BCUT2D eigenvalue weighted by Gasteiger charge is 2.06. The summed E-state index contributed by atoms with van der Waals surface area (Å²) in [5.74, 6) is 0. The molecule has 0 N–H and O–H groups in total. The monoisotopic (exact) mass is 406 g/mol. The molecule has 0 fully saturated rings. The third-order valence-electron chi connectivity index (χ3n) is 4.40. The van der Waals surface area contributed by atoms with Gasteiger partial charge in [0.15, 0.2) is 0 Å². The lowest BCUT2D eigenvalue weighted by Gasteiger charge is -2.23. The van der Waals surface area contributed by atoms with Crippen LogP contribution in [0.2, 0.25) is 5.02 Å². The van der Waals surface area contributed by atoms with Gasteiger partial charge in [-0.2, -0.15) is 0 Å². The molecule has 140 valence electrons. The molecule has 0 spiro atoms. The van der Waals surface area contributed by atoms with Crippen LogP contribution in [-0.2, 0) is 6.54 Å². The second kappa shape index (κ2) is 8.50. The van der Waals surface area contributed by atoms with Crippen molar-refractivity contribution in [2.75, 3.05) is 11.4 Å². The molecule has 0 aliphatic heterocycles. The van der Waals surface area contributed by atoms with E-state index in [2.05, 4.69) is 63.4 Å². The average Bonchev–Trinajstić information content (AvgIpc) is 3.14. The number of aromatic nitrogens is 1. The summed E-state index contributed by atoms with van der Waals surface area (Å²) in [5, 5.41) is 9.93. The molecular weight excluding hydrogens is 388 g/mol. The predicted molar refractivity (Wildman–Crippen MR) is 118 cm³/mol. The van der Waals surface area contributed by atoms with E-state index in [1.54, 1.807) is 0 Å². The Kier molecular flexibility index (Phi) is 5.65. The van der Waals surface area contributed by atoms with Crippen LogP contribution < -0.4 is 4.90 Å². The molecule has 0 amide bonds. The van der Waals surface area contributed by atoms with Crippen molar-refractivity contribution in [1.82, 2.24) is 4.98 Å². The highest BCUT2D eigenvalue weighted by molar-refractivity contribution is 7.21. The summed E-state index contributed by atoms with van der Waals surface area (Å²) in [6, 6.07) is 24.2. The van der Waals surface area contributed by atoms with E-state index in [1.165, 1.54) is 22.6 Å². The largest absolute Gasteiger partial charge is 0.367 e. The molecule has 4 nitrogen and oxygen atoms in total. The van der Waals surface area contributed by atoms with Crippen molar-refractivity contribution in [2.45, 2.75) is 13.5 Å². The Morgan fingerprint density at radius 2 is 1.75 bits per heavy atom. The van der Waals surface area contributed by atoms with Crippen LogP contribution in [0.4, 0.5) is 16.5 Å². The fourth-order valence-corrected chi connectivity index (χ4v) is 4.01. The molecule has 4 rings (SSSR count). The zero-order chi connectivity index (χ0) is 19.3. The van der Waals surface area contributed by atoms with E-state index in [0.717, 1.165) is 29.0 Å². The number of fused-ring (bicyclic) bond motifs is 1. The highest BCUT2D eigenvalue weighted by atomic mass is 35.5. The van der Waals surface area contributed by atoms with E-state index < -0.39 is 0 Å². The van der Waals surface area contributed by atoms with Gasteiger partial charge in [0, 0.05) is 23.8 Å². The average molecular weight is 407 g/mol. The summed E-state index contributed by atoms with van der Waals surface area (Å²) in [4.78, 5) is 6.79. The fourth-order valence-electron chi connectivity index (χ4n) is 2.95. The van der Waals surface area contributed by atoms with Gasteiger partial charge in [-0.1, -0.05) is 53.3 Å². The van der Waals surface area contributed by atoms with Crippen LogP contribution in [0.5, 0.6) is 0 Å². The molecule has 0 radical (unpaired) electrons. The smallest absolute Gasteiger partial charge is 0.231 e. The van der Waals surface area contributed by atoms with E-state index in [-0.39, 0.29) is 0 Å². The van der Waals surface area contributed by atoms with Crippen LogP contribution in [0, 0.1) is 0 Å². The highest BCUT2D eigenvalue weighted by Crippen LogP contribution is 2.31. The lowest BCUT2D eigenvalue weighted by atomic mass is 10.2. The number of nitrogens with zero attached hydrogens (tertiary/aromatic N) is 4. The summed E-state index contributed by atoms with van der Waals surface area (Å²) >= 11 is 7.50. The van der Waals surface area contributed by atoms with Crippen molar-refractivity contribution in [3.8, 4) is 0 Å². The van der Waals surface area contributed by atoms with Crippen molar-refractivity contribution in [3.05, 3.63) is 83.4 Å². The summed E-state index contributed by atoms with van der Waals surface area (Å²) < 4.78 is 1.01. The molecule has 0 saturated heterocycles. The van der Waals surface area contributed by atoms with Crippen LogP contribution in [0.1, 0.15) is 12.5 Å². The molecular formula is C22H19ClN4S. The summed E-state index contributed by atoms with van der Waals surface area (Å²) in [5.41, 5.74) is 4.15. The molecule has 0 atom stereocenters. The second-order valence-corrected chi connectivity index (χ2v) is 7.77. The molecule has 1 heterocycles. The molecule has 28 heavy (non-hydrogen) atoms. The molecule has 3 aromatic carbocycles. The summed E-state index contributed by atoms with van der Waals surface area (Å²) in [7, 11) is 0. The second-order valence-electron chi connectivity index (χ2n) is 6.32. The lowest BCUT2D eigenvalue weighted by molar-refractivity contribution is 0.832. The molecule has 0 aliphatic rings. The Balaban J connectivity index is 1.48. The van der Waals surface area contributed by atoms with Crippen LogP contribution >= 0.6 is 22.9 Å². The summed E-state index contributed by atoms with van der Waals surface area (Å²) in [6.45, 7) is 3.98. The molecule has 0 unspecified atom stereocenters. The fraction of sp³-hybridized carbons (Fsp3) is 0.136. The van der Waals surface area contributed by atoms with Crippen LogP contribution in [0.15, 0.2) is 83.0 Å². The minimum Gasteiger partial charge on any atom is -0.367 e. The summed E-state index contributed by atoms with van der Waals surface area (Å²) in [6.07, 6.45) is 0. The first-order chi connectivity index (χ1) is 13.7. The minimum atomic E-state index is 0.626. The van der Waals surface area contributed by atoms with Crippen LogP contribution in [0.25, 0.3) is 10.2 Å². The third kappa shape index (κ3) is 4.38. The van der Waals surface area contributed by atoms with Crippen LogP contribution in [-0.4, -0.2) is 11.5 Å². The maximum Gasteiger partial charge on any atom is 0.231 e. The molecule has 0 bridgehead atoms. The normalized spacial score (nSPS) is 11.4. The van der Waals surface area contributed by atoms with E-state index in [9.17, 15) is 0 Å². The maximum absolute atomic E-state index is 6.03. The molecule has 1 aromatic heterocycles. The van der Waals surface area contributed by atoms with Gasteiger partial charge in [-0.05, 0) is 55.0 Å². The zero-order valence-corrected chi connectivity index (χ0v) is 17.0. The first kappa shape index (κ1) is 18.6. The van der Waals surface area contributed by atoms with Gasteiger partial charge in [-0.25, -0.2) is 4.98 Å². The number of anilines is 1. The number of hydrogen-bond acceptors (Lipinski definition) is 5. The van der Waals surface area contributed by atoms with Crippen molar-refractivity contribution in [1.29, 1.82) is 0 Å². The Labute approximate surface area is 173 Å². The van der Waals surface area contributed by atoms with Gasteiger partial charge in [0.1, 0.15) is 0 Å². The van der Waals surface area contributed by atoms with E-state index in [0.29, 0.717) is 10.2 Å². The number of halogens is 1. The number of rotatable bonds is 6. The van der Waals surface area contributed by atoms with Gasteiger partial charge in [-0.3, -0.25) is 0 Å². The number of hydrogen-bond donors (Lipinski definition) is 0. The molecule has 0 aliphatic carbocycles. The standard InChI is InChI=1S/C22H19ClN4S/c1-2-27(15-16-6-4-3-5-7-16)19-11-9-18(10-12-19)25-26-22-24-20-13-8-17(23)14-21(20)28-22/h3-14H,2,15H2,1H3. The van der Waals surface area contributed by atoms with Crippen molar-refractivity contribution >= 4 is 49.7 Å². The number of thiazole rings is 1. The third-order valence-corrected chi connectivity index (χ3v) is 5.54. The Morgan fingerprint density at radius 1 is 0.964 bits per heavy atom. The predicted octanol–water partition coefficient (Wildman–Crippen LogP) is 7.39. The Hall–Kier alpha value is -2.76. The van der Waals surface area contributed by atoms with E-state index >= 15 is 0 Å². The van der Waals surface area contributed by atoms with Crippen LogP contribution in [0.3, 0.4) is 0 Å². The van der Waals surface area contributed by atoms with Gasteiger partial charge in [0.05, 0.1) is 15.9 Å². The number of benzene rings is 3.